The SMILES string of the molecule is CCc1ccc(N(c2ccc(C)cc2)c2ccc(C=C(C#N)C#N)cc2)cc1. The van der Waals surface area contributed by atoms with Crippen LogP contribution < -0.4 is 4.90 Å². The van der Waals surface area contributed by atoms with Crippen LogP contribution in [0.4, 0.5) is 17.1 Å². The second kappa shape index (κ2) is 8.71. The highest BCUT2D eigenvalue weighted by atomic mass is 15.1. The van der Waals surface area contributed by atoms with Gasteiger partial charge in [-0.15, -0.1) is 0 Å². The van der Waals surface area contributed by atoms with E-state index in [1.165, 1.54) is 11.1 Å². The smallest absolute Gasteiger partial charge is 0.130 e. The predicted molar refractivity (Wildman–Crippen MR) is 114 cm³/mol. The van der Waals surface area contributed by atoms with Crippen molar-refractivity contribution in [3.63, 3.8) is 0 Å². The van der Waals surface area contributed by atoms with E-state index in [0.717, 1.165) is 29.0 Å². The van der Waals surface area contributed by atoms with Crippen molar-refractivity contribution >= 4 is 23.1 Å². The Hall–Kier alpha value is -3.82. The maximum absolute atomic E-state index is 8.94. The number of allylic oxidation sites excluding steroid dienone is 1. The fraction of sp³-hybridized carbons (Fsp3) is 0.120. The number of nitrogens with zero attached hydrogens (tertiary/aromatic N) is 3. The van der Waals surface area contributed by atoms with E-state index in [0.29, 0.717) is 0 Å². The van der Waals surface area contributed by atoms with Crippen molar-refractivity contribution in [1.29, 1.82) is 10.5 Å². The number of anilines is 3. The maximum Gasteiger partial charge on any atom is 0.130 e. The van der Waals surface area contributed by atoms with Gasteiger partial charge in [0.2, 0.25) is 0 Å². The Morgan fingerprint density at radius 3 is 1.71 bits per heavy atom. The van der Waals surface area contributed by atoms with E-state index in [4.69, 9.17) is 10.5 Å². The molecule has 3 nitrogen and oxygen atoms in total. The predicted octanol–water partition coefficient (Wildman–Crippen LogP) is 6.46. The molecule has 0 saturated carbocycles. The number of aryl methyl sites for hydroxylation is 2. The summed E-state index contributed by atoms with van der Waals surface area (Å²) >= 11 is 0. The molecule has 0 aliphatic carbocycles. The van der Waals surface area contributed by atoms with Gasteiger partial charge in [-0.25, -0.2) is 0 Å². The number of hydrogen-bond acceptors (Lipinski definition) is 3. The summed E-state index contributed by atoms with van der Waals surface area (Å²) in [6.07, 6.45) is 2.60. The molecule has 0 aliphatic heterocycles. The van der Waals surface area contributed by atoms with Crippen molar-refractivity contribution in [2.45, 2.75) is 20.3 Å². The van der Waals surface area contributed by atoms with Gasteiger partial charge in [0.25, 0.3) is 0 Å². The summed E-state index contributed by atoms with van der Waals surface area (Å²) < 4.78 is 0. The topological polar surface area (TPSA) is 50.8 Å². The van der Waals surface area contributed by atoms with Gasteiger partial charge >= 0.3 is 0 Å². The molecule has 0 aliphatic rings. The Morgan fingerprint density at radius 2 is 1.25 bits per heavy atom. The first-order chi connectivity index (χ1) is 13.6. The van der Waals surface area contributed by atoms with E-state index < -0.39 is 0 Å². The fourth-order valence-electron chi connectivity index (χ4n) is 3.00. The molecule has 3 aromatic carbocycles. The van der Waals surface area contributed by atoms with Crippen LogP contribution in [0.5, 0.6) is 0 Å². The van der Waals surface area contributed by atoms with E-state index in [1.807, 2.05) is 36.4 Å². The summed E-state index contributed by atoms with van der Waals surface area (Å²) in [5.74, 6) is 0. The van der Waals surface area contributed by atoms with Crippen LogP contribution in [-0.4, -0.2) is 0 Å². The highest BCUT2D eigenvalue weighted by Gasteiger charge is 2.12. The number of nitriles is 2. The third kappa shape index (κ3) is 4.29. The zero-order valence-corrected chi connectivity index (χ0v) is 16.1. The van der Waals surface area contributed by atoms with Crippen molar-refractivity contribution in [1.82, 2.24) is 0 Å². The largest absolute Gasteiger partial charge is 0.311 e. The summed E-state index contributed by atoms with van der Waals surface area (Å²) in [6, 6.07) is 28.6. The molecule has 3 rings (SSSR count). The van der Waals surface area contributed by atoms with Crippen LogP contribution in [0, 0.1) is 29.6 Å². The Kier molecular flexibility index (Phi) is 5.90. The molecule has 0 heterocycles. The minimum atomic E-state index is 0.0956. The molecule has 28 heavy (non-hydrogen) atoms. The number of benzene rings is 3. The van der Waals surface area contributed by atoms with Crippen LogP contribution in [0.25, 0.3) is 6.08 Å². The molecule has 0 bridgehead atoms. The van der Waals surface area contributed by atoms with Gasteiger partial charge in [-0.1, -0.05) is 48.9 Å². The van der Waals surface area contributed by atoms with E-state index in [2.05, 4.69) is 67.3 Å². The van der Waals surface area contributed by atoms with Gasteiger partial charge in [0.1, 0.15) is 17.7 Å². The second-order valence-corrected chi connectivity index (χ2v) is 6.56. The monoisotopic (exact) mass is 363 g/mol. The first kappa shape index (κ1) is 19.0. The summed E-state index contributed by atoms with van der Waals surface area (Å²) in [6.45, 7) is 4.23. The molecular formula is C25H21N3. The first-order valence-corrected chi connectivity index (χ1v) is 9.22. The van der Waals surface area contributed by atoms with Crippen LogP contribution in [0.3, 0.4) is 0 Å². The van der Waals surface area contributed by atoms with Crippen molar-refractivity contribution in [2.24, 2.45) is 0 Å². The number of rotatable bonds is 5. The van der Waals surface area contributed by atoms with Gasteiger partial charge < -0.3 is 4.90 Å². The molecule has 3 aromatic rings. The third-order valence-electron chi connectivity index (χ3n) is 4.60. The lowest BCUT2D eigenvalue weighted by Crippen LogP contribution is -2.10. The van der Waals surface area contributed by atoms with Gasteiger partial charge in [-0.2, -0.15) is 10.5 Å². The Bertz CT molecular complexity index is 1030. The van der Waals surface area contributed by atoms with Crippen molar-refractivity contribution < 1.29 is 0 Å². The van der Waals surface area contributed by atoms with E-state index in [-0.39, 0.29) is 5.57 Å². The fourth-order valence-corrected chi connectivity index (χ4v) is 3.00. The molecule has 0 radical (unpaired) electrons. The highest BCUT2D eigenvalue weighted by molar-refractivity contribution is 5.77. The molecule has 136 valence electrons. The van der Waals surface area contributed by atoms with Gasteiger partial charge in [0.05, 0.1) is 0 Å². The molecule has 0 fully saturated rings. The van der Waals surface area contributed by atoms with Crippen molar-refractivity contribution in [2.75, 3.05) is 4.90 Å². The third-order valence-corrected chi connectivity index (χ3v) is 4.60. The van der Waals surface area contributed by atoms with Crippen molar-refractivity contribution in [3.05, 3.63) is 95.1 Å². The van der Waals surface area contributed by atoms with E-state index in [9.17, 15) is 0 Å². The minimum Gasteiger partial charge on any atom is -0.311 e. The van der Waals surface area contributed by atoms with Gasteiger partial charge in [-0.05, 0) is 66.9 Å². The zero-order valence-electron chi connectivity index (χ0n) is 16.1. The quantitative estimate of drug-likeness (QED) is 0.489. The van der Waals surface area contributed by atoms with Crippen molar-refractivity contribution in [3.8, 4) is 12.1 Å². The zero-order chi connectivity index (χ0) is 19.9. The van der Waals surface area contributed by atoms with Gasteiger partial charge in [-0.3, -0.25) is 0 Å². The second-order valence-electron chi connectivity index (χ2n) is 6.56. The summed E-state index contributed by atoms with van der Waals surface area (Å²) in [5, 5.41) is 17.9. The molecular weight excluding hydrogens is 342 g/mol. The normalized spacial score (nSPS) is 9.86. The van der Waals surface area contributed by atoms with E-state index in [1.54, 1.807) is 6.08 Å². The molecule has 0 unspecified atom stereocenters. The average molecular weight is 363 g/mol. The summed E-state index contributed by atoms with van der Waals surface area (Å²) in [7, 11) is 0. The highest BCUT2D eigenvalue weighted by Crippen LogP contribution is 2.35. The standard InChI is InChI=1S/C25H21N3/c1-3-20-6-12-24(13-7-20)28(23-10-4-19(2)5-11-23)25-14-8-21(9-15-25)16-22(17-26)18-27/h4-16H,3H2,1-2H3. The van der Waals surface area contributed by atoms with Crippen LogP contribution in [-0.2, 0) is 6.42 Å². The van der Waals surface area contributed by atoms with Crippen LogP contribution in [0.1, 0.15) is 23.6 Å². The first-order valence-electron chi connectivity index (χ1n) is 9.22. The average Bonchev–Trinajstić information content (AvgIpc) is 2.75. The molecule has 3 heteroatoms. The van der Waals surface area contributed by atoms with E-state index >= 15 is 0 Å². The maximum atomic E-state index is 8.94. The minimum absolute atomic E-state index is 0.0956. The lowest BCUT2D eigenvalue weighted by molar-refractivity contribution is 1.14. The van der Waals surface area contributed by atoms with Gasteiger partial charge in [0, 0.05) is 17.1 Å². The van der Waals surface area contributed by atoms with Crippen LogP contribution in [0.2, 0.25) is 0 Å². The number of hydrogen-bond donors (Lipinski definition) is 0. The van der Waals surface area contributed by atoms with Crippen LogP contribution >= 0.6 is 0 Å². The lowest BCUT2D eigenvalue weighted by Gasteiger charge is -2.26. The van der Waals surface area contributed by atoms with Gasteiger partial charge in [0.15, 0.2) is 0 Å². The molecule has 0 N–H and O–H groups in total. The Balaban J connectivity index is 2.04. The van der Waals surface area contributed by atoms with Crippen LogP contribution in [0.15, 0.2) is 78.4 Å². The summed E-state index contributed by atoms with van der Waals surface area (Å²) in [5.41, 5.74) is 6.61. The molecule has 0 aromatic heterocycles. The Morgan fingerprint density at radius 1 is 0.786 bits per heavy atom. The summed E-state index contributed by atoms with van der Waals surface area (Å²) in [4.78, 5) is 2.20. The molecule has 0 spiro atoms. The Labute approximate surface area is 166 Å². The molecule has 0 saturated heterocycles. The molecule has 0 amide bonds. The molecule has 0 atom stereocenters. The lowest BCUT2D eigenvalue weighted by atomic mass is 10.1.